The average Bonchev–Trinajstić information content (AvgIpc) is 2.44. The predicted molar refractivity (Wildman–Crippen MR) is 82.4 cm³/mol. The van der Waals surface area contributed by atoms with Crippen molar-refractivity contribution in [3.05, 3.63) is 33.7 Å². The molecule has 0 atom stereocenters. The lowest BCUT2D eigenvalue weighted by atomic mass is 9.93. The van der Waals surface area contributed by atoms with Crippen molar-refractivity contribution in [2.45, 2.75) is 38.8 Å². The van der Waals surface area contributed by atoms with Crippen LogP contribution in [0.15, 0.2) is 28.1 Å². The SMILES string of the molecule is C=CCn1ncc(NC(CC)(CC)CN)c(Br)c1=O. The van der Waals surface area contributed by atoms with Gasteiger partial charge in [-0.3, -0.25) is 4.79 Å². The van der Waals surface area contributed by atoms with Crippen molar-refractivity contribution in [3.63, 3.8) is 0 Å². The molecule has 106 valence electrons. The van der Waals surface area contributed by atoms with Gasteiger partial charge in [0.2, 0.25) is 0 Å². The van der Waals surface area contributed by atoms with E-state index in [4.69, 9.17) is 5.73 Å². The Morgan fingerprint density at radius 1 is 1.58 bits per heavy atom. The van der Waals surface area contributed by atoms with Crippen LogP contribution in [-0.2, 0) is 6.54 Å². The summed E-state index contributed by atoms with van der Waals surface area (Å²) in [6, 6.07) is 0. The first kappa shape index (κ1) is 15.9. The molecule has 0 bridgehead atoms. The molecule has 0 unspecified atom stereocenters. The molecule has 0 spiro atoms. The molecule has 0 fully saturated rings. The van der Waals surface area contributed by atoms with Crippen LogP contribution in [0.4, 0.5) is 5.69 Å². The molecule has 5 nitrogen and oxygen atoms in total. The molecule has 0 aliphatic carbocycles. The Morgan fingerprint density at radius 2 is 2.21 bits per heavy atom. The summed E-state index contributed by atoms with van der Waals surface area (Å²) in [5.74, 6) is 0. The molecule has 1 aromatic heterocycles. The molecule has 0 aliphatic heterocycles. The number of allylic oxidation sites excluding steroid dienone is 1. The standard InChI is InChI=1S/C13H21BrN4O/c1-4-7-18-12(19)11(14)10(8-16-18)17-13(5-2,6-3)9-15/h4,8,17H,1,5-7,9,15H2,2-3H3. The van der Waals surface area contributed by atoms with Crippen LogP contribution in [-0.4, -0.2) is 21.9 Å². The highest BCUT2D eigenvalue weighted by Gasteiger charge is 2.25. The van der Waals surface area contributed by atoms with Gasteiger partial charge < -0.3 is 11.1 Å². The zero-order valence-corrected chi connectivity index (χ0v) is 13.0. The molecule has 0 amide bonds. The minimum atomic E-state index is -0.207. The van der Waals surface area contributed by atoms with E-state index in [9.17, 15) is 4.79 Å². The third-order valence-electron chi connectivity index (χ3n) is 3.43. The monoisotopic (exact) mass is 328 g/mol. The van der Waals surface area contributed by atoms with E-state index < -0.39 is 0 Å². The van der Waals surface area contributed by atoms with Crippen LogP contribution in [0, 0.1) is 0 Å². The van der Waals surface area contributed by atoms with Crippen LogP contribution < -0.4 is 16.6 Å². The lowest BCUT2D eigenvalue weighted by molar-refractivity contribution is 0.444. The number of aromatic nitrogens is 2. The van der Waals surface area contributed by atoms with Gasteiger partial charge in [-0.15, -0.1) is 6.58 Å². The summed E-state index contributed by atoms with van der Waals surface area (Å²) < 4.78 is 1.83. The average molecular weight is 329 g/mol. The van der Waals surface area contributed by atoms with Crippen molar-refractivity contribution in [3.8, 4) is 0 Å². The molecule has 0 saturated heterocycles. The lowest BCUT2D eigenvalue weighted by Gasteiger charge is -2.32. The fourth-order valence-electron chi connectivity index (χ4n) is 1.86. The number of hydrogen-bond donors (Lipinski definition) is 2. The topological polar surface area (TPSA) is 72.9 Å². The van der Waals surface area contributed by atoms with E-state index in [1.807, 2.05) is 0 Å². The Morgan fingerprint density at radius 3 is 2.68 bits per heavy atom. The molecule has 0 saturated carbocycles. The van der Waals surface area contributed by atoms with Crippen LogP contribution in [0.1, 0.15) is 26.7 Å². The molecular formula is C13H21BrN4O. The molecule has 1 heterocycles. The normalized spacial score (nSPS) is 11.4. The zero-order chi connectivity index (χ0) is 14.5. The highest BCUT2D eigenvalue weighted by Crippen LogP contribution is 2.24. The van der Waals surface area contributed by atoms with Gasteiger partial charge in [-0.25, -0.2) is 4.68 Å². The van der Waals surface area contributed by atoms with Crippen molar-refractivity contribution in [1.29, 1.82) is 0 Å². The summed E-state index contributed by atoms with van der Waals surface area (Å²) in [4.78, 5) is 12.1. The molecular weight excluding hydrogens is 308 g/mol. The fourth-order valence-corrected chi connectivity index (χ4v) is 2.26. The van der Waals surface area contributed by atoms with E-state index in [1.54, 1.807) is 12.3 Å². The smallest absolute Gasteiger partial charge is 0.283 e. The molecule has 19 heavy (non-hydrogen) atoms. The van der Waals surface area contributed by atoms with Crippen molar-refractivity contribution in [1.82, 2.24) is 9.78 Å². The maximum atomic E-state index is 12.1. The number of hydrogen-bond acceptors (Lipinski definition) is 4. The summed E-state index contributed by atoms with van der Waals surface area (Å²) >= 11 is 3.33. The molecule has 0 radical (unpaired) electrons. The highest BCUT2D eigenvalue weighted by atomic mass is 79.9. The Hall–Kier alpha value is -1.14. The van der Waals surface area contributed by atoms with Gasteiger partial charge in [0.05, 0.1) is 18.4 Å². The van der Waals surface area contributed by atoms with Gasteiger partial charge in [-0.1, -0.05) is 19.9 Å². The highest BCUT2D eigenvalue weighted by molar-refractivity contribution is 9.10. The summed E-state index contributed by atoms with van der Waals surface area (Å²) in [7, 11) is 0. The van der Waals surface area contributed by atoms with E-state index in [0.29, 0.717) is 23.2 Å². The van der Waals surface area contributed by atoms with E-state index in [2.05, 4.69) is 46.8 Å². The van der Waals surface area contributed by atoms with Gasteiger partial charge in [-0.2, -0.15) is 5.10 Å². The summed E-state index contributed by atoms with van der Waals surface area (Å²) in [5, 5.41) is 7.46. The first-order valence-corrected chi connectivity index (χ1v) is 7.17. The predicted octanol–water partition coefficient (Wildman–Crippen LogP) is 2.12. The maximum Gasteiger partial charge on any atom is 0.283 e. The molecule has 1 aromatic rings. The molecule has 6 heteroatoms. The van der Waals surface area contributed by atoms with E-state index in [-0.39, 0.29) is 11.1 Å². The minimum Gasteiger partial charge on any atom is -0.376 e. The Labute approximate surface area is 122 Å². The van der Waals surface area contributed by atoms with Crippen molar-refractivity contribution in [2.75, 3.05) is 11.9 Å². The number of anilines is 1. The summed E-state index contributed by atoms with van der Waals surface area (Å²) in [6.45, 7) is 8.64. The third-order valence-corrected chi connectivity index (χ3v) is 4.20. The van der Waals surface area contributed by atoms with Gasteiger partial charge in [0.15, 0.2) is 0 Å². The number of rotatable bonds is 7. The first-order valence-electron chi connectivity index (χ1n) is 6.38. The summed E-state index contributed by atoms with van der Waals surface area (Å²) in [5.41, 5.74) is 6.14. The molecule has 3 N–H and O–H groups in total. The van der Waals surface area contributed by atoms with E-state index >= 15 is 0 Å². The number of halogens is 1. The van der Waals surface area contributed by atoms with Gasteiger partial charge >= 0.3 is 0 Å². The largest absolute Gasteiger partial charge is 0.376 e. The van der Waals surface area contributed by atoms with Crippen LogP contribution in [0.2, 0.25) is 0 Å². The summed E-state index contributed by atoms with van der Waals surface area (Å²) in [6.07, 6.45) is 5.03. The zero-order valence-electron chi connectivity index (χ0n) is 11.4. The molecule has 0 aliphatic rings. The van der Waals surface area contributed by atoms with Gasteiger partial charge in [0.1, 0.15) is 4.47 Å². The molecule has 1 rings (SSSR count). The number of nitrogens with zero attached hydrogens (tertiary/aromatic N) is 2. The van der Waals surface area contributed by atoms with Gasteiger partial charge in [-0.05, 0) is 28.8 Å². The Balaban J connectivity index is 3.13. The molecule has 0 aromatic carbocycles. The van der Waals surface area contributed by atoms with Crippen LogP contribution >= 0.6 is 15.9 Å². The number of nitrogens with two attached hydrogens (primary N) is 1. The van der Waals surface area contributed by atoms with E-state index in [0.717, 1.165) is 12.8 Å². The lowest BCUT2D eigenvalue weighted by Crippen LogP contribution is -2.45. The third kappa shape index (κ3) is 3.45. The van der Waals surface area contributed by atoms with Crippen molar-refractivity contribution >= 4 is 21.6 Å². The van der Waals surface area contributed by atoms with Gasteiger partial charge in [0, 0.05) is 12.1 Å². The second-order valence-corrected chi connectivity index (χ2v) is 5.26. The van der Waals surface area contributed by atoms with Crippen molar-refractivity contribution < 1.29 is 0 Å². The quantitative estimate of drug-likeness (QED) is 0.752. The van der Waals surface area contributed by atoms with Gasteiger partial charge in [0.25, 0.3) is 5.56 Å². The van der Waals surface area contributed by atoms with Crippen LogP contribution in [0.5, 0.6) is 0 Å². The van der Waals surface area contributed by atoms with Crippen LogP contribution in [0.25, 0.3) is 0 Å². The second kappa shape index (κ2) is 6.86. The van der Waals surface area contributed by atoms with Crippen molar-refractivity contribution in [2.24, 2.45) is 5.73 Å². The second-order valence-electron chi connectivity index (χ2n) is 4.46. The Bertz CT molecular complexity index is 486. The first-order chi connectivity index (χ1) is 9.03. The van der Waals surface area contributed by atoms with Crippen LogP contribution in [0.3, 0.4) is 0 Å². The Kier molecular flexibility index (Phi) is 5.75. The van der Waals surface area contributed by atoms with E-state index in [1.165, 1.54) is 4.68 Å². The maximum absolute atomic E-state index is 12.1. The number of nitrogens with one attached hydrogen (secondary N) is 1. The fraction of sp³-hybridized carbons (Fsp3) is 0.538. The minimum absolute atomic E-state index is 0.178.